The average Bonchev–Trinajstić information content (AvgIpc) is 2.84. The zero-order valence-corrected chi connectivity index (χ0v) is 12.0. The molecule has 0 unspecified atom stereocenters. The quantitative estimate of drug-likeness (QED) is 0.770. The molecule has 3 aromatic rings. The number of carboxylic acid groups (broad SMARTS) is 1. The number of aromatic nitrogens is 3. The van der Waals surface area contributed by atoms with E-state index < -0.39 is 5.97 Å². The maximum atomic E-state index is 11.2. The van der Waals surface area contributed by atoms with Gasteiger partial charge in [0.15, 0.2) is 0 Å². The minimum atomic E-state index is -0.939. The summed E-state index contributed by atoms with van der Waals surface area (Å²) in [6, 6.07) is 5.68. The van der Waals surface area contributed by atoms with Crippen molar-refractivity contribution in [1.29, 1.82) is 0 Å². The normalized spacial score (nSPS) is 10.7. The molecule has 0 aliphatic heterocycles. The molecular formula is C14H12N4O2S. The van der Waals surface area contributed by atoms with Crippen LogP contribution in [0, 0.1) is 6.92 Å². The van der Waals surface area contributed by atoms with Crippen LogP contribution >= 0.6 is 11.3 Å². The molecule has 0 saturated heterocycles. The fourth-order valence-electron chi connectivity index (χ4n) is 2.09. The lowest BCUT2D eigenvalue weighted by Gasteiger charge is -2.06. The number of fused-ring (bicyclic) bond motifs is 1. The summed E-state index contributed by atoms with van der Waals surface area (Å²) < 4.78 is 0. The predicted octanol–water partition coefficient (Wildman–Crippen LogP) is 2.71. The molecule has 2 N–H and O–H groups in total. The number of nitrogens with zero attached hydrogens (tertiary/aromatic N) is 3. The first-order valence-corrected chi connectivity index (χ1v) is 7.09. The van der Waals surface area contributed by atoms with Crippen LogP contribution in [0.3, 0.4) is 0 Å². The highest BCUT2D eigenvalue weighted by atomic mass is 32.1. The summed E-state index contributed by atoms with van der Waals surface area (Å²) in [7, 11) is 0. The highest BCUT2D eigenvalue weighted by Crippen LogP contribution is 2.33. The van der Waals surface area contributed by atoms with E-state index in [-0.39, 0.29) is 0 Å². The zero-order valence-electron chi connectivity index (χ0n) is 11.2. The molecular weight excluding hydrogens is 288 g/mol. The lowest BCUT2D eigenvalue weighted by atomic mass is 10.2. The number of pyridine rings is 1. The Morgan fingerprint density at radius 3 is 2.90 bits per heavy atom. The Bertz CT molecular complexity index is 801. The molecule has 0 aliphatic rings. The molecule has 21 heavy (non-hydrogen) atoms. The van der Waals surface area contributed by atoms with E-state index in [1.165, 1.54) is 6.33 Å². The van der Waals surface area contributed by atoms with E-state index >= 15 is 0 Å². The number of anilines is 1. The molecule has 0 saturated carbocycles. The highest BCUT2D eigenvalue weighted by molar-refractivity contribution is 7.20. The van der Waals surface area contributed by atoms with Gasteiger partial charge in [-0.1, -0.05) is 6.07 Å². The van der Waals surface area contributed by atoms with Crippen molar-refractivity contribution in [3.63, 3.8) is 0 Å². The summed E-state index contributed by atoms with van der Waals surface area (Å²) in [6.07, 6.45) is 3.16. The van der Waals surface area contributed by atoms with Crippen molar-refractivity contribution >= 4 is 33.3 Å². The third kappa shape index (κ3) is 2.55. The Morgan fingerprint density at radius 1 is 1.33 bits per heavy atom. The van der Waals surface area contributed by atoms with E-state index in [0.29, 0.717) is 27.6 Å². The van der Waals surface area contributed by atoms with Crippen LogP contribution < -0.4 is 5.32 Å². The molecule has 7 heteroatoms. The third-order valence-corrected chi connectivity index (χ3v) is 4.27. The summed E-state index contributed by atoms with van der Waals surface area (Å²) in [6.45, 7) is 2.29. The Morgan fingerprint density at radius 2 is 2.19 bits per heavy atom. The smallest absolute Gasteiger partial charge is 0.346 e. The van der Waals surface area contributed by atoms with Crippen LogP contribution in [0.15, 0.2) is 30.7 Å². The Labute approximate surface area is 124 Å². The first-order chi connectivity index (χ1) is 10.2. The highest BCUT2D eigenvalue weighted by Gasteiger charge is 2.18. The van der Waals surface area contributed by atoms with E-state index in [1.807, 2.05) is 18.2 Å². The van der Waals surface area contributed by atoms with Crippen molar-refractivity contribution in [3.8, 4) is 0 Å². The van der Waals surface area contributed by atoms with Gasteiger partial charge < -0.3 is 10.4 Å². The number of carbonyl (C=O) groups is 1. The molecule has 0 aliphatic carbocycles. The van der Waals surface area contributed by atoms with Crippen molar-refractivity contribution in [2.75, 3.05) is 5.32 Å². The van der Waals surface area contributed by atoms with E-state index in [0.717, 1.165) is 22.4 Å². The van der Waals surface area contributed by atoms with Crippen LogP contribution in [0.2, 0.25) is 0 Å². The first kappa shape index (κ1) is 13.4. The van der Waals surface area contributed by atoms with Crippen LogP contribution in [-0.2, 0) is 6.54 Å². The molecule has 0 radical (unpaired) electrons. The average molecular weight is 300 g/mol. The van der Waals surface area contributed by atoms with Gasteiger partial charge in [0, 0.05) is 6.20 Å². The van der Waals surface area contributed by atoms with Gasteiger partial charge in [-0.05, 0) is 24.6 Å². The monoisotopic (exact) mass is 300 g/mol. The molecule has 0 fully saturated rings. The maximum Gasteiger partial charge on any atom is 0.346 e. The van der Waals surface area contributed by atoms with Crippen molar-refractivity contribution in [2.24, 2.45) is 0 Å². The largest absolute Gasteiger partial charge is 0.477 e. The Hall–Kier alpha value is -2.54. The molecule has 0 spiro atoms. The molecule has 0 atom stereocenters. The molecule has 3 aromatic heterocycles. The lowest BCUT2D eigenvalue weighted by Crippen LogP contribution is -2.04. The van der Waals surface area contributed by atoms with Gasteiger partial charge >= 0.3 is 5.97 Å². The second kappa shape index (κ2) is 5.45. The molecule has 106 valence electrons. The van der Waals surface area contributed by atoms with Crippen LogP contribution in [0.25, 0.3) is 10.2 Å². The summed E-state index contributed by atoms with van der Waals surface area (Å²) in [5.41, 5.74) is 1.57. The molecule has 6 nitrogen and oxygen atoms in total. The number of hydrogen-bond donors (Lipinski definition) is 2. The van der Waals surface area contributed by atoms with Gasteiger partial charge in [0.1, 0.15) is 21.9 Å². The third-order valence-electron chi connectivity index (χ3n) is 3.08. The van der Waals surface area contributed by atoms with Crippen LogP contribution in [0.4, 0.5) is 5.82 Å². The SMILES string of the molecule is Cc1c(C(=O)O)sc2ncnc(NCc3ccccn3)c12. The summed E-state index contributed by atoms with van der Waals surface area (Å²) >= 11 is 1.16. The second-order valence-corrected chi connectivity index (χ2v) is 5.44. The van der Waals surface area contributed by atoms with Gasteiger partial charge in [0.25, 0.3) is 0 Å². The second-order valence-electron chi connectivity index (χ2n) is 4.44. The topological polar surface area (TPSA) is 88.0 Å². The van der Waals surface area contributed by atoms with Crippen LogP contribution in [-0.4, -0.2) is 26.0 Å². The number of hydrogen-bond acceptors (Lipinski definition) is 6. The number of nitrogens with one attached hydrogen (secondary N) is 1. The maximum absolute atomic E-state index is 11.2. The van der Waals surface area contributed by atoms with Gasteiger partial charge in [0.2, 0.25) is 0 Å². The number of rotatable bonds is 4. The van der Waals surface area contributed by atoms with Crippen molar-refractivity contribution < 1.29 is 9.90 Å². The summed E-state index contributed by atoms with van der Waals surface area (Å²) in [4.78, 5) is 24.8. The predicted molar refractivity (Wildman–Crippen MR) is 80.7 cm³/mol. The minimum Gasteiger partial charge on any atom is -0.477 e. The van der Waals surface area contributed by atoms with Gasteiger partial charge in [-0.15, -0.1) is 11.3 Å². The van der Waals surface area contributed by atoms with Crippen molar-refractivity contribution in [1.82, 2.24) is 15.0 Å². The molecule has 0 amide bonds. The zero-order chi connectivity index (χ0) is 14.8. The minimum absolute atomic E-state index is 0.298. The Kier molecular flexibility index (Phi) is 3.49. The van der Waals surface area contributed by atoms with E-state index in [2.05, 4.69) is 20.3 Å². The van der Waals surface area contributed by atoms with E-state index in [1.54, 1.807) is 13.1 Å². The fraction of sp³-hybridized carbons (Fsp3) is 0.143. The Balaban J connectivity index is 1.97. The van der Waals surface area contributed by atoms with Crippen molar-refractivity contribution in [2.45, 2.75) is 13.5 Å². The first-order valence-electron chi connectivity index (χ1n) is 6.28. The van der Waals surface area contributed by atoms with Crippen LogP contribution in [0.5, 0.6) is 0 Å². The standard InChI is InChI=1S/C14H12N4O2S/c1-8-10-12(16-6-9-4-2-3-5-15-9)17-7-18-13(10)21-11(8)14(19)20/h2-5,7H,6H2,1H3,(H,19,20)(H,16,17,18). The van der Waals surface area contributed by atoms with E-state index in [4.69, 9.17) is 0 Å². The number of aryl methyl sites for hydroxylation is 1. The fourth-order valence-corrected chi connectivity index (χ4v) is 3.07. The van der Waals surface area contributed by atoms with Crippen LogP contribution in [0.1, 0.15) is 20.9 Å². The van der Waals surface area contributed by atoms with Gasteiger partial charge in [-0.25, -0.2) is 14.8 Å². The van der Waals surface area contributed by atoms with Gasteiger partial charge in [-0.3, -0.25) is 4.98 Å². The summed E-state index contributed by atoms with van der Waals surface area (Å²) in [5, 5.41) is 13.2. The summed E-state index contributed by atoms with van der Waals surface area (Å²) in [5.74, 6) is -0.307. The van der Waals surface area contributed by atoms with Crippen molar-refractivity contribution in [3.05, 3.63) is 46.9 Å². The molecule has 0 aromatic carbocycles. The number of thiophene rings is 1. The van der Waals surface area contributed by atoms with Gasteiger partial charge in [-0.2, -0.15) is 0 Å². The molecule has 3 rings (SSSR count). The lowest BCUT2D eigenvalue weighted by molar-refractivity contribution is 0.0701. The number of carboxylic acids is 1. The molecule has 0 bridgehead atoms. The molecule has 3 heterocycles. The number of aromatic carboxylic acids is 1. The van der Waals surface area contributed by atoms with E-state index in [9.17, 15) is 9.90 Å². The van der Waals surface area contributed by atoms with Gasteiger partial charge in [0.05, 0.1) is 17.6 Å².